The summed E-state index contributed by atoms with van der Waals surface area (Å²) >= 11 is 15.4. The summed E-state index contributed by atoms with van der Waals surface area (Å²) in [5, 5.41) is 11.3. The highest BCUT2D eigenvalue weighted by molar-refractivity contribution is 9.10. The zero-order valence-corrected chi connectivity index (χ0v) is 17.2. The van der Waals surface area contributed by atoms with Crippen molar-refractivity contribution in [2.24, 2.45) is 0 Å². The predicted octanol–water partition coefficient (Wildman–Crippen LogP) is 4.57. The van der Waals surface area contributed by atoms with Crippen molar-refractivity contribution in [2.75, 3.05) is 32.8 Å². The molecule has 0 spiro atoms. The lowest BCUT2D eigenvalue weighted by Gasteiger charge is -2.34. The molecular formula is C19H20BrCl2NO3. The summed E-state index contributed by atoms with van der Waals surface area (Å²) in [5.74, 6) is 0.518. The van der Waals surface area contributed by atoms with Crippen LogP contribution in [0.25, 0.3) is 0 Å². The van der Waals surface area contributed by atoms with Gasteiger partial charge < -0.3 is 14.6 Å². The molecule has 2 atom stereocenters. The number of aliphatic hydroxyl groups is 1. The van der Waals surface area contributed by atoms with E-state index in [1.807, 2.05) is 12.1 Å². The second kappa shape index (κ2) is 9.40. The Morgan fingerprint density at radius 3 is 2.73 bits per heavy atom. The fraction of sp³-hybridized carbons (Fsp3) is 0.368. The maximum Gasteiger partial charge on any atom is 0.138 e. The molecule has 0 saturated carbocycles. The van der Waals surface area contributed by atoms with E-state index in [9.17, 15) is 5.11 Å². The molecule has 1 fully saturated rings. The highest BCUT2D eigenvalue weighted by Crippen LogP contribution is 2.28. The number of hydrogen-bond donors (Lipinski definition) is 1. The second-order valence-electron chi connectivity index (χ2n) is 6.21. The smallest absolute Gasteiger partial charge is 0.138 e. The molecule has 1 aliphatic rings. The van der Waals surface area contributed by atoms with Crippen LogP contribution in [0.2, 0.25) is 10.0 Å². The SMILES string of the molecule is OC(COc1ccc(Cl)cc1Cl)CN1CCOC(c2ccc(Br)cc2)C1. The van der Waals surface area contributed by atoms with Gasteiger partial charge in [-0.25, -0.2) is 0 Å². The van der Waals surface area contributed by atoms with Gasteiger partial charge in [0.2, 0.25) is 0 Å². The van der Waals surface area contributed by atoms with Crippen LogP contribution >= 0.6 is 39.1 Å². The second-order valence-corrected chi connectivity index (χ2v) is 7.97. The predicted molar refractivity (Wildman–Crippen MR) is 107 cm³/mol. The van der Waals surface area contributed by atoms with Crippen LogP contribution < -0.4 is 4.74 Å². The van der Waals surface area contributed by atoms with Crippen LogP contribution in [-0.4, -0.2) is 49.0 Å². The van der Waals surface area contributed by atoms with Gasteiger partial charge in [0.1, 0.15) is 18.5 Å². The molecule has 3 rings (SSSR count). The lowest BCUT2D eigenvalue weighted by molar-refractivity contribution is -0.0459. The van der Waals surface area contributed by atoms with E-state index in [0.717, 1.165) is 23.1 Å². The minimum Gasteiger partial charge on any atom is -0.489 e. The molecule has 0 aromatic heterocycles. The maximum atomic E-state index is 10.3. The largest absolute Gasteiger partial charge is 0.489 e. The summed E-state index contributed by atoms with van der Waals surface area (Å²) < 4.78 is 12.5. The number of halogens is 3. The molecule has 1 aliphatic heterocycles. The quantitative estimate of drug-likeness (QED) is 0.685. The summed E-state index contributed by atoms with van der Waals surface area (Å²) in [6.45, 7) is 2.84. The van der Waals surface area contributed by atoms with Crippen molar-refractivity contribution in [3.63, 3.8) is 0 Å². The standard InChI is InChI=1S/C19H20BrCl2NO3/c20-14-3-1-13(2-4-14)19-11-23(7-8-25-19)10-16(24)12-26-18-6-5-15(21)9-17(18)22/h1-6,9,16,19,24H,7-8,10-12H2. The van der Waals surface area contributed by atoms with Crippen molar-refractivity contribution in [3.05, 3.63) is 62.5 Å². The van der Waals surface area contributed by atoms with E-state index in [4.69, 9.17) is 32.7 Å². The Labute approximate surface area is 171 Å². The van der Waals surface area contributed by atoms with E-state index in [2.05, 4.69) is 33.0 Å². The molecule has 0 amide bonds. The monoisotopic (exact) mass is 459 g/mol. The first-order valence-electron chi connectivity index (χ1n) is 8.36. The van der Waals surface area contributed by atoms with Crippen molar-refractivity contribution >= 4 is 39.1 Å². The summed E-state index contributed by atoms with van der Waals surface area (Å²) in [5.41, 5.74) is 1.14. The van der Waals surface area contributed by atoms with Crippen molar-refractivity contribution in [1.29, 1.82) is 0 Å². The third-order valence-electron chi connectivity index (χ3n) is 4.19. The van der Waals surface area contributed by atoms with E-state index >= 15 is 0 Å². The van der Waals surface area contributed by atoms with Gasteiger partial charge in [0.15, 0.2) is 0 Å². The summed E-state index contributed by atoms with van der Waals surface area (Å²) in [6, 6.07) is 13.2. The number of nitrogens with zero attached hydrogens (tertiary/aromatic N) is 1. The first kappa shape index (κ1) is 19.9. The lowest BCUT2D eigenvalue weighted by atomic mass is 10.1. The molecule has 0 aliphatic carbocycles. The number of aliphatic hydroxyl groups excluding tert-OH is 1. The number of β-amino-alcohol motifs (C(OH)–C–C–N with tert-alkyl or cyclic N) is 1. The first-order chi connectivity index (χ1) is 12.5. The van der Waals surface area contributed by atoms with Gasteiger partial charge in [-0.05, 0) is 35.9 Å². The topological polar surface area (TPSA) is 41.9 Å². The summed E-state index contributed by atoms with van der Waals surface area (Å²) in [6.07, 6.45) is -0.610. The molecule has 1 N–H and O–H groups in total. The average Bonchev–Trinajstić information content (AvgIpc) is 2.62. The Bertz CT molecular complexity index is 729. The van der Waals surface area contributed by atoms with Gasteiger partial charge >= 0.3 is 0 Å². The van der Waals surface area contributed by atoms with Crippen LogP contribution in [-0.2, 0) is 4.74 Å². The van der Waals surface area contributed by atoms with Crippen molar-refractivity contribution < 1.29 is 14.6 Å². The number of ether oxygens (including phenoxy) is 2. The molecule has 4 nitrogen and oxygen atoms in total. The minimum atomic E-state index is -0.620. The zero-order chi connectivity index (χ0) is 18.5. The van der Waals surface area contributed by atoms with Crippen LogP contribution in [0.15, 0.2) is 46.9 Å². The normalized spacial score (nSPS) is 19.3. The van der Waals surface area contributed by atoms with E-state index in [-0.39, 0.29) is 12.7 Å². The molecule has 2 aromatic rings. The number of morpholine rings is 1. The van der Waals surface area contributed by atoms with E-state index < -0.39 is 6.10 Å². The van der Waals surface area contributed by atoms with E-state index in [0.29, 0.717) is 28.9 Å². The third kappa shape index (κ3) is 5.59. The average molecular weight is 461 g/mol. The molecule has 1 saturated heterocycles. The molecule has 2 aromatic carbocycles. The molecule has 0 radical (unpaired) electrons. The molecular weight excluding hydrogens is 441 g/mol. The highest BCUT2D eigenvalue weighted by atomic mass is 79.9. The van der Waals surface area contributed by atoms with Gasteiger partial charge in [-0.15, -0.1) is 0 Å². The molecule has 140 valence electrons. The Hall–Kier alpha value is -0.820. The van der Waals surface area contributed by atoms with Gasteiger partial charge in [0.25, 0.3) is 0 Å². The van der Waals surface area contributed by atoms with E-state index in [1.165, 1.54) is 0 Å². The van der Waals surface area contributed by atoms with Gasteiger partial charge in [0, 0.05) is 29.1 Å². The molecule has 2 unspecified atom stereocenters. The number of hydrogen-bond acceptors (Lipinski definition) is 4. The van der Waals surface area contributed by atoms with Crippen LogP contribution in [0.5, 0.6) is 5.75 Å². The zero-order valence-electron chi connectivity index (χ0n) is 14.1. The molecule has 26 heavy (non-hydrogen) atoms. The molecule has 7 heteroatoms. The van der Waals surface area contributed by atoms with Gasteiger partial charge in [-0.2, -0.15) is 0 Å². The minimum absolute atomic E-state index is 0.00989. The molecule has 1 heterocycles. The highest BCUT2D eigenvalue weighted by Gasteiger charge is 2.23. The van der Waals surface area contributed by atoms with Crippen molar-refractivity contribution in [2.45, 2.75) is 12.2 Å². The Kier molecular flexibility index (Phi) is 7.20. The van der Waals surface area contributed by atoms with Gasteiger partial charge in [0.05, 0.1) is 17.7 Å². The Morgan fingerprint density at radius 2 is 2.00 bits per heavy atom. The van der Waals surface area contributed by atoms with Crippen LogP contribution in [0.4, 0.5) is 0 Å². The summed E-state index contributed by atoms with van der Waals surface area (Å²) in [4.78, 5) is 2.19. The van der Waals surface area contributed by atoms with Crippen molar-refractivity contribution in [3.8, 4) is 5.75 Å². The summed E-state index contributed by atoms with van der Waals surface area (Å²) in [7, 11) is 0. The fourth-order valence-corrected chi connectivity index (χ4v) is 3.60. The van der Waals surface area contributed by atoms with Gasteiger partial charge in [-0.1, -0.05) is 51.3 Å². The number of benzene rings is 2. The van der Waals surface area contributed by atoms with Crippen LogP contribution in [0.3, 0.4) is 0 Å². The maximum absolute atomic E-state index is 10.3. The van der Waals surface area contributed by atoms with Crippen LogP contribution in [0, 0.1) is 0 Å². The fourth-order valence-electron chi connectivity index (χ4n) is 2.88. The van der Waals surface area contributed by atoms with E-state index in [1.54, 1.807) is 18.2 Å². The first-order valence-corrected chi connectivity index (χ1v) is 9.91. The van der Waals surface area contributed by atoms with Crippen molar-refractivity contribution in [1.82, 2.24) is 4.90 Å². The third-order valence-corrected chi connectivity index (χ3v) is 5.25. The Balaban J connectivity index is 1.50. The number of rotatable bonds is 6. The lowest BCUT2D eigenvalue weighted by Crippen LogP contribution is -2.43. The van der Waals surface area contributed by atoms with Crippen LogP contribution in [0.1, 0.15) is 11.7 Å². The molecule has 0 bridgehead atoms. The van der Waals surface area contributed by atoms with Gasteiger partial charge in [-0.3, -0.25) is 4.90 Å². The Morgan fingerprint density at radius 1 is 1.23 bits per heavy atom.